The number of thioether (sulfide) groups is 1. The molecule has 0 bridgehead atoms. The summed E-state index contributed by atoms with van der Waals surface area (Å²) in [4.78, 5) is 23.6. The fourth-order valence-electron chi connectivity index (χ4n) is 1.54. The number of amides is 2. The van der Waals surface area contributed by atoms with Crippen molar-refractivity contribution >= 4 is 23.8 Å². The Kier molecular flexibility index (Phi) is 4.92. The molecule has 2 N–H and O–H groups in total. The maximum Gasteiger partial charge on any atom is 0.317 e. The summed E-state index contributed by atoms with van der Waals surface area (Å²) in [5.74, 6) is -0.665. The van der Waals surface area contributed by atoms with Gasteiger partial charge in [-0.05, 0) is 6.26 Å². The summed E-state index contributed by atoms with van der Waals surface area (Å²) in [6.45, 7) is 3.83. The first kappa shape index (κ1) is 13.2. The second kappa shape index (κ2) is 5.98. The number of hydrogen-bond donors (Lipinski definition) is 2. The van der Waals surface area contributed by atoms with Gasteiger partial charge in [-0.1, -0.05) is 6.92 Å². The summed E-state index contributed by atoms with van der Waals surface area (Å²) in [6.07, 6.45) is 2.16. The number of carbonyl (C=O) groups excluding carboxylic acids is 1. The minimum Gasteiger partial charge on any atom is -0.481 e. The molecule has 0 saturated carbocycles. The van der Waals surface area contributed by atoms with Gasteiger partial charge in [-0.3, -0.25) is 4.79 Å². The van der Waals surface area contributed by atoms with E-state index in [2.05, 4.69) is 5.32 Å². The van der Waals surface area contributed by atoms with Gasteiger partial charge in [-0.2, -0.15) is 11.8 Å². The van der Waals surface area contributed by atoms with Crippen molar-refractivity contribution in [2.45, 2.75) is 18.6 Å². The van der Waals surface area contributed by atoms with Crippen LogP contribution in [0.15, 0.2) is 0 Å². The van der Waals surface area contributed by atoms with Gasteiger partial charge < -0.3 is 15.3 Å². The second-order valence-corrected chi connectivity index (χ2v) is 5.38. The van der Waals surface area contributed by atoms with Crippen molar-refractivity contribution in [3.8, 4) is 0 Å². The Bertz CT molecular complexity index is 267. The minimum absolute atomic E-state index is 0.0810. The van der Waals surface area contributed by atoms with Crippen LogP contribution in [0, 0.1) is 5.92 Å². The molecule has 0 radical (unpaired) electrons. The van der Waals surface area contributed by atoms with E-state index in [1.807, 2.05) is 13.2 Å². The van der Waals surface area contributed by atoms with Gasteiger partial charge in [0.15, 0.2) is 0 Å². The van der Waals surface area contributed by atoms with Gasteiger partial charge in [0.1, 0.15) is 0 Å². The van der Waals surface area contributed by atoms with Crippen molar-refractivity contribution in [1.29, 1.82) is 0 Å². The average molecular weight is 246 g/mol. The van der Waals surface area contributed by atoms with Crippen LogP contribution in [0.3, 0.4) is 0 Å². The molecule has 1 unspecified atom stereocenters. The first-order valence-corrected chi connectivity index (χ1v) is 6.59. The molecule has 92 valence electrons. The lowest BCUT2D eigenvalue weighted by atomic mass is 9.97. The van der Waals surface area contributed by atoms with Gasteiger partial charge >= 0.3 is 12.0 Å². The van der Waals surface area contributed by atoms with E-state index in [1.165, 1.54) is 0 Å². The van der Waals surface area contributed by atoms with Gasteiger partial charge in [0.2, 0.25) is 0 Å². The molecule has 1 aliphatic heterocycles. The molecule has 0 aliphatic carbocycles. The summed E-state index contributed by atoms with van der Waals surface area (Å²) >= 11 is 1.70. The van der Waals surface area contributed by atoms with E-state index in [4.69, 9.17) is 5.11 Å². The minimum atomic E-state index is -0.791. The van der Waals surface area contributed by atoms with Crippen LogP contribution >= 0.6 is 11.8 Å². The van der Waals surface area contributed by atoms with Gasteiger partial charge in [-0.15, -0.1) is 0 Å². The molecular weight excluding hydrogens is 228 g/mol. The zero-order valence-electron chi connectivity index (χ0n) is 9.60. The van der Waals surface area contributed by atoms with E-state index in [0.29, 0.717) is 24.9 Å². The molecule has 0 aromatic heterocycles. The highest BCUT2D eigenvalue weighted by Crippen LogP contribution is 2.18. The molecule has 1 aliphatic rings. The zero-order valence-corrected chi connectivity index (χ0v) is 10.4. The van der Waals surface area contributed by atoms with E-state index >= 15 is 0 Å². The second-order valence-electron chi connectivity index (χ2n) is 4.10. The van der Waals surface area contributed by atoms with Gasteiger partial charge in [-0.25, -0.2) is 4.79 Å². The SMILES string of the molecule is CSC(C)CNC(=O)N1CC(CC(=O)O)C1. The van der Waals surface area contributed by atoms with Crippen molar-refractivity contribution in [2.75, 3.05) is 25.9 Å². The maximum absolute atomic E-state index is 11.5. The summed E-state index contributed by atoms with van der Waals surface area (Å²) in [6, 6.07) is -0.0810. The number of carbonyl (C=O) groups is 2. The van der Waals surface area contributed by atoms with Crippen molar-refractivity contribution < 1.29 is 14.7 Å². The van der Waals surface area contributed by atoms with E-state index in [0.717, 1.165) is 0 Å². The lowest BCUT2D eigenvalue weighted by Gasteiger charge is -2.38. The summed E-state index contributed by atoms with van der Waals surface area (Å²) < 4.78 is 0. The number of carboxylic acid groups (broad SMARTS) is 1. The van der Waals surface area contributed by atoms with Crippen LogP contribution in [0.1, 0.15) is 13.3 Å². The predicted octanol–water partition coefficient (Wildman–Crippen LogP) is 0.854. The van der Waals surface area contributed by atoms with E-state index in [-0.39, 0.29) is 18.4 Å². The Labute approximate surface area is 99.6 Å². The monoisotopic (exact) mass is 246 g/mol. The topological polar surface area (TPSA) is 69.6 Å². The Balaban J connectivity index is 2.14. The Morgan fingerprint density at radius 3 is 2.69 bits per heavy atom. The van der Waals surface area contributed by atoms with Gasteiger partial charge in [0, 0.05) is 30.8 Å². The van der Waals surface area contributed by atoms with E-state index in [1.54, 1.807) is 16.7 Å². The number of carboxylic acids is 1. The van der Waals surface area contributed by atoms with E-state index < -0.39 is 5.97 Å². The summed E-state index contributed by atoms with van der Waals surface area (Å²) in [7, 11) is 0. The van der Waals surface area contributed by atoms with Crippen molar-refractivity contribution in [1.82, 2.24) is 10.2 Å². The maximum atomic E-state index is 11.5. The number of likely N-dealkylation sites (tertiary alicyclic amines) is 1. The fourth-order valence-corrected chi connectivity index (χ4v) is 1.79. The Hall–Kier alpha value is -0.910. The molecule has 16 heavy (non-hydrogen) atoms. The molecular formula is C10H18N2O3S. The molecule has 1 heterocycles. The number of nitrogens with zero attached hydrogens (tertiary/aromatic N) is 1. The number of urea groups is 1. The molecule has 0 aromatic carbocycles. The summed E-state index contributed by atoms with van der Waals surface area (Å²) in [5.41, 5.74) is 0. The Morgan fingerprint density at radius 1 is 1.56 bits per heavy atom. The third kappa shape index (κ3) is 3.92. The van der Waals surface area contributed by atoms with Crippen LogP contribution in [0.2, 0.25) is 0 Å². The molecule has 1 fully saturated rings. The standard InChI is InChI=1S/C10H18N2O3S/c1-7(16-2)4-11-10(15)12-5-8(6-12)3-9(13)14/h7-8H,3-6H2,1-2H3,(H,11,15)(H,13,14). The van der Waals surface area contributed by atoms with Crippen LogP contribution < -0.4 is 5.32 Å². The fraction of sp³-hybridized carbons (Fsp3) is 0.800. The lowest BCUT2D eigenvalue weighted by Crippen LogP contribution is -2.54. The van der Waals surface area contributed by atoms with Crippen LogP contribution in [-0.4, -0.2) is 53.1 Å². The van der Waals surface area contributed by atoms with Crippen LogP contribution in [0.25, 0.3) is 0 Å². The number of nitrogens with one attached hydrogen (secondary N) is 1. The van der Waals surface area contributed by atoms with Crippen molar-refractivity contribution in [3.63, 3.8) is 0 Å². The normalized spacial score (nSPS) is 17.8. The van der Waals surface area contributed by atoms with Crippen molar-refractivity contribution in [3.05, 3.63) is 0 Å². The zero-order chi connectivity index (χ0) is 12.1. The number of hydrogen-bond acceptors (Lipinski definition) is 3. The van der Waals surface area contributed by atoms with Crippen LogP contribution in [-0.2, 0) is 4.79 Å². The predicted molar refractivity (Wildman–Crippen MR) is 63.7 cm³/mol. The molecule has 0 spiro atoms. The number of rotatable bonds is 5. The van der Waals surface area contributed by atoms with Gasteiger partial charge in [0.05, 0.1) is 6.42 Å². The molecule has 1 rings (SSSR count). The largest absolute Gasteiger partial charge is 0.481 e. The molecule has 1 saturated heterocycles. The molecule has 6 heteroatoms. The summed E-state index contributed by atoms with van der Waals surface area (Å²) in [5, 5.41) is 11.8. The molecule has 5 nitrogen and oxygen atoms in total. The van der Waals surface area contributed by atoms with Crippen LogP contribution in [0.5, 0.6) is 0 Å². The molecule has 1 atom stereocenters. The highest BCUT2D eigenvalue weighted by atomic mass is 32.2. The van der Waals surface area contributed by atoms with Crippen LogP contribution in [0.4, 0.5) is 4.79 Å². The van der Waals surface area contributed by atoms with Gasteiger partial charge in [0.25, 0.3) is 0 Å². The highest BCUT2D eigenvalue weighted by molar-refractivity contribution is 7.99. The average Bonchev–Trinajstić information content (AvgIpc) is 2.18. The molecule has 0 aromatic rings. The third-order valence-corrected chi connectivity index (χ3v) is 3.62. The number of aliphatic carboxylic acids is 1. The Morgan fingerprint density at radius 2 is 2.19 bits per heavy atom. The first-order valence-electron chi connectivity index (χ1n) is 5.30. The molecule has 2 amide bonds. The first-order chi connectivity index (χ1) is 7.52. The van der Waals surface area contributed by atoms with E-state index in [9.17, 15) is 9.59 Å². The quantitative estimate of drug-likeness (QED) is 0.754. The highest BCUT2D eigenvalue weighted by Gasteiger charge is 2.31. The third-order valence-electron chi connectivity index (χ3n) is 2.65. The lowest BCUT2D eigenvalue weighted by molar-refractivity contribution is -0.139. The van der Waals surface area contributed by atoms with Crippen molar-refractivity contribution in [2.24, 2.45) is 5.92 Å². The smallest absolute Gasteiger partial charge is 0.317 e.